The second-order valence-corrected chi connectivity index (χ2v) is 2.34. The number of nitrogens with zero attached hydrogens (tertiary/aromatic N) is 2. The zero-order valence-corrected chi connectivity index (χ0v) is 6.49. The van der Waals surface area contributed by atoms with Crippen LogP contribution in [0.15, 0.2) is 12.4 Å². The lowest BCUT2D eigenvalue weighted by Gasteiger charge is -1.95. The number of pyridine rings is 1. The topological polar surface area (TPSA) is 73.1 Å². The maximum Gasteiger partial charge on any atom is 0.299 e. The van der Waals surface area contributed by atoms with E-state index in [1.807, 2.05) is 0 Å². The lowest BCUT2D eigenvalue weighted by atomic mass is 10.2. The molecule has 62 valence electrons. The maximum atomic E-state index is 10.3. The van der Waals surface area contributed by atoms with Crippen molar-refractivity contribution in [2.24, 2.45) is 0 Å². The number of aldehydes is 1. The third kappa shape index (κ3) is 1.40. The summed E-state index contributed by atoms with van der Waals surface area (Å²) in [5, 5.41) is 10.3. The van der Waals surface area contributed by atoms with Crippen LogP contribution in [0.4, 0.5) is 5.69 Å². The van der Waals surface area contributed by atoms with Crippen LogP contribution in [-0.4, -0.2) is 16.2 Å². The van der Waals surface area contributed by atoms with Crippen molar-refractivity contribution in [3.63, 3.8) is 0 Å². The molecule has 1 rings (SSSR count). The number of carbonyl (C=O) groups excluding carboxylic acids is 1. The second kappa shape index (κ2) is 3.27. The number of rotatable bonds is 2. The van der Waals surface area contributed by atoms with Crippen LogP contribution >= 0.6 is 11.6 Å². The highest BCUT2D eigenvalue weighted by Gasteiger charge is 2.15. The van der Waals surface area contributed by atoms with Crippen LogP contribution in [0, 0.1) is 10.1 Å². The fraction of sp³-hybridized carbons (Fsp3) is 0. The molecule has 1 heterocycles. The van der Waals surface area contributed by atoms with E-state index in [1.54, 1.807) is 0 Å². The molecule has 0 saturated carbocycles. The van der Waals surface area contributed by atoms with Gasteiger partial charge in [-0.2, -0.15) is 0 Å². The zero-order valence-electron chi connectivity index (χ0n) is 5.73. The van der Waals surface area contributed by atoms with Gasteiger partial charge in [0.25, 0.3) is 5.69 Å². The summed E-state index contributed by atoms with van der Waals surface area (Å²) >= 11 is 5.48. The standard InChI is InChI=1S/C6H3ClN2O3/c7-5-1-8-2-6(9(11)12)4(5)3-10/h1-3H. The highest BCUT2D eigenvalue weighted by Crippen LogP contribution is 2.22. The Labute approximate surface area is 72.1 Å². The third-order valence-corrected chi connectivity index (χ3v) is 1.53. The third-order valence-electron chi connectivity index (χ3n) is 1.23. The molecule has 0 aliphatic heterocycles. The van der Waals surface area contributed by atoms with Crippen molar-refractivity contribution >= 4 is 23.6 Å². The molecule has 0 unspecified atom stereocenters. The van der Waals surface area contributed by atoms with Crippen LogP contribution in [0.1, 0.15) is 10.4 Å². The van der Waals surface area contributed by atoms with Crippen molar-refractivity contribution in [1.29, 1.82) is 0 Å². The quantitative estimate of drug-likeness (QED) is 0.398. The van der Waals surface area contributed by atoms with Gasteiger partial charge in [-0.05, 0) is 0 Å². The van der Waals surface area contributed by atoms with E-state index in [2.05, 4.69) is 4.98 Å². The Kier molecular flexibility index (Phi) is 2.35. The number of carbonyl (C=O) groups is 1. The van der Waals surface area contributed by atoms with Gasteiger partial charge < -0.3 is 0 Å². The number of hydrogen-bond donors (Lipinski definition) is 0. The first kappa shape index (κ1) is 8.61. The van der Waals surface area contributed by atoms with E-state index < -0.39 is 4.92 Å². The molecule has 0 amide bonds. The van der Waals surface area contributed by atoms with Gasteiger partial charge in [-0.15, -0.1) is 0 Å². The van der Waals surface area contributed by atoms with E-state index in [-0.39, 0.29) is 16.3 Å². The van der Waals surface area contributed by atoms with Gasteiger partial charge >= 0.3 is 0 Å². The normalized spacial score (nSPS) is 9.42. The summed E-state index contributed by atoms with van der Waals surface area (Å²) in [6.45, 7) is 0. The molecule has 6 heteroatoms. The molecular weight excluding hydrogens is 184 g/mol. The van der Waals surface area contributed by atoms with Crippen molar-refractivity contribution < 1.29 is 9.72 Å². The Balaban J connectivity index is 3.37. The first-order valence-corrected chi connectivity index (χ1v) is 3.27. The van der Waals surface area contributed by atoms with Gasteiger partial charge in [0.2, 0.25) is 0 Å². The summed E-state index contributed by atoms with van der Waals surface area (Å²) in [5.74, 6) is 0. The molecule has 12 heavy (non-hydrogen) atoms. The van der Waals surface area contributed by atoms with Crippen molar-refractivity contribution in [2.45, 2.75) is 0 Å². The molecule has 0 saturated heterocycles. The molecule has 0 aliphatic carbocycles. The van der Waals surface area contributed by atoms with E-state index >= 15 is 0 Å². The molecule has 0 aliphatic rings. The Morgan fingerprint density at radius 3 is 2.67 bits per heavy atom. The van der Waals surface area contributed by atoms with Gasteiger partial charge in [-0.1, -0.05) is 11.6 Å². The number of nitro groups is 1. The summed E-state index contributed by atoms with van der Waals surface area (Å²) in [4.78, 5) is 23.4. The predicted molar refractivity (Wildman–Crippen MR) is 41.3 cm³/mol. The second-order valence-electron chi connectivity index (χ2n) is 1.93. The van der Waals surface area contributed by atoms with Gasteiger partial charge in [0, 0.05) is 6.20 Å². The van der Waals surface area contributed by atoms with E-state index in [4.69, 9.17) is 11.6 Å². The minimum atomic E-state index is -0.706. The van der Waals surface area contributed by atoms with E-state index in [0.717, 1.165) is 6.20 Å². The molecule has 0 atom stereocenters. The summed E-state index contributed by atoms with van der Waals surface area (Å²) in [5.41, 5.74) is -0.519. The average Bonchev–Trinajstić information content (AvgIpc) is 2.03. The lowest BCUT2D eigenvalue weighted by Crippen LogP contribution is -1.95. The molecule has 0 fully saturated rings. The maximum absolute atomic E-state index is 10.3. The molecule has 0 aromatic carbocycles. The van der Waals surface area contributed by atoms with E-state index in [9.17, 15) is 14.9 Å². The molecule has 0 spiro atoms. The van der Waals surface area contributed by atoms with Crippen LogP contribution < -0.4 is 0 Å². The van der Waals surface area contributed by atoms with Crippen molar-refractivity contribution in [1.82, 2.24) is 4.98 Å². The molecule has 1 aromatic rings. The smallest absolute Gasteiger partial charge is 0.298 e. The largest absolute Gasteiger partial charge is 0.299 e. The van der Waals surface area contributed by atoms with Gasteiger partial charge in [0.05, 0.1) is 9.95 Å². The van der Waals surface area contributed by atoms with Gasteiger partial charge in [0.15, 0.2) is 6.29 Å². The van der Waals surface area contributed by atoms with Crippen LogP contribution in [0.3, 0.4) is 0 Å². The van der Waals surface area contributed by atoms with Crippen molar-refractivity contribution in [2.75, 3.05) is 0 Å². The summed E-state index contributed by atoms with van der Waals surface area (Å²) < 4.78 is 0. The van der Waals surface area contributed by atoms with Crippen LogP contribution in [-0.2, 0) is 0 Å². The minimum Gasteiger partial charge on any atom is -0.298 e. The Morgan fingerprint density at radius 2 is 2.25 bits per heavy atom. The minimum absolute atomic E-state index is 0.0146. The SMILES string of the molecule is O=Cc1c(Cl)cncc1[N+](=O)[O-]. The number of aromatic nitrogens is 1. The summed E-state index contributed by atoms with van der Waals surface area (Å²) in [6, 6.07) is 0. The lowest BCUT2D eigenvalue weighted by molar-refractivity contribution is -0.385. The highest BCUT2D eigenvalue weighted by atomic mass is 35.5. The van der Waals surface area contributed by atoms with Crippen molar-refractivity contribution in [3.8, 4) is 0 Å². The average molecular weight is 187 g/mol. The first-order chi connectivity index (χ1) is 5.66. The monoisotopic (exact) mass is 186 g/mol. The van der Waals surface area contributed by atoms with Gasteiger partial charge in [-0.3, -0.25) is 19.9 Å². The number of hydrogen-bond acceptors (Lipinski definition) is 4. The zero-order chi connectivity index (χ0) is 9.14. The fourth-order valence-electron chi connectivity index (χ4n) is 0.697. The molecule has 0 radical (unpaired) electrons. The molecule has 0 bridgehead atoms. The van der Waals surface area contributed by atoms with Crippen molar-refractivity contribution in [3.05, 3.63) is 33.1 Å². The molecule has 5 nitrogen and oxygen atoms in total. The van der Waals surface area contributed by atoms with Crippen LogP contribution in [0.2, 0.25) is 5.02 Å². The predicted octanol–water partition coefficient (Wildman–Crippen LogP) is 1.46. The van der Waals surface area contributed by atoms with E-state index in [0.29, 0.717) is 6.29 Å². The van der Waals surface area contributed by atoms with E-state index in [1.165, 1.54) is 6.20 Å². The molecule has 1 aromatic heterocycles. The Bertz CT molecular complexity index is 340. The Morgan fingerprint density at radius 1 is 1.58 bits per heavy atom. The molecule has 0 N–H and O–H groups in total. The number of halogens is 1. The van der Waals surface area contributed by atoms with Crippen LogP contribution in [0.25, 0.3) is 0 Å². The highest BCUT2D eigenvalue weighted by molar-refractivity contribution is 6.33. The van der Waals surface area contributed by atoms with Gasteiger partial charge in [0.1, 0.15) is 11.8 Å². The molecular formula is C6H3ClN2O3. The Hall–Kier alpha value is -1.49. The summed E-state index contributed by atoms with van der Waals surface area (Å²) in [6.07, 6.45) is 2.50. The van der Waals surface area contributed by atoms with Crippen LogP contribution in [0.5, 0.6) is 0 Å². The van der Waals surface area contributed by atoms with Gasteiger partial charge in [-0.25, -0.2) is 0 Å². The fourth-order valence-corrected chi connectivity index (χ4v) is 0.895. The first-order valence-electron chi connectivity index (χ1n) is 2.90. The summed E-state index contributed by atoms with van der Waals surface area (Å²) in [7, 11) is 0.